The number of benzene rings is 3. The van der Waals surface area contributed by atoms with Gasteiger partial charge in [-0.2, -0.15) is 0 Å². The normalized spacial score (nSPS) is 10.6. The summed E-state index contributed by atoms with van der Waals surface area (Å²) < 4.78 is 1.78. The summed E-state index contributed by atoms with van der Waals surface area (Å²) in [4.78, 5) is 24.1. The van der Waals surface area contributed by atoms with E-state index in [4.69, 9.17) is 5.73 Å². The van der Waals surface area contributed by atoms with E-state index in [-0.39, 0.29) is 23.0 Å². The van der Waals surface area contributed by atoms with Crippen molar-refractivity contribution in [3.05, 3.63) is 84.4 Å². The largest absolute Gasteiger partial charge is 0.507 e. The molecule has 1 aromatic heterocycles. The first-order chi connectivity index (χ1) is 15.5. The van der Waals surface area contributed by atoms with Crippen LogP contribution in [0.1, 0.15) is 10.4 Å². The van der Waals surface area contributed by atoms with E-state index in [2.05, 4.69) is 15.5 Å². The molecule has 3 aromatic carbocycles. The van der Waals surface area contributed by atoms with E-state index >= 15 is 0 Å². The van der Waals surface area contributed by atoms with Crippen molar-refractivity contribution in [1.82, 2.24) is 14.8 Å². The summed E-state index contributed by atoms with van der Waals surface area (Å²) in [5, 5.41) is 22.0. The minimum Gasteiger partial charge on any atom is -0.507 e. The number of carbonyl (C=O) groups is 2. The van der Waals surface area contributed by atoms with Crippen LogP contribution in [-0.4, -0.2) is 37.4 Å². The van der Waals surface area contributed by atoms with Gasteiger partial charge in [0.05, 0.1) is 22.6 Å². The van der Waals surface area contributed by atoms with Crippen LogP contribution in [-0.2, 0) is 4.79 Å². The molecule has 0 aliphatic carbocycles. The molecule has 4 aromatic rings. The molecule has 0 radical (unpaired) electrons. The predicted molar refractivity (Wildman–Crippen MR) is 123 cm³/mol. The first-order valence-corrected chi connectivity index (χ1v) is 10.6. The molecule has 8 nitrogen and oxygen atoms in total. The van der Waals surface area contributed by atoms with Crippen molar-refractivity contribution in [1.29, 1.82) is 0 Å². The number of hydrogen-bond acceptors (Lipinski definition) is 6. The second kappa shape index (κ2) is 9.36. The molecule has 160 valence electrons. The number of thioether (sulfide) groups is 1. The molecule has 32 heavy (non-hydrogen) atoms. The molecule has 0 aliphatic heterocycles. The van der Waals surface area contributed by atoms with Gasteiger partial charge in [0.2, 0.25) is 5.91 Å². The van der Waals surface area contributed by atoms with E-state index in [1.807, 2.05) is 30.3 Å². The highest BCUT2D eigenvalue weighted by atomic mass is 32.2. The van der Waals surface area contributed by atoms with E-state index in [1.165, 1.54) is 11.8 Å². The molecule has 4 N–H and O–H groups in total. The van der Waals surface area contributed by atoms with Gasteiger partial charge in [-0.05, 0) is 36.4 Å². The van der Waals surface area contributed by atoms with Gasteiger partial charge < -0.3 is 16.2 Å². The van der Waals surface area contributed by atoms with Gasteiger partial charge >= 0.3 is 0 Å². The summed E-state index contributed by atoms with van der Waals surface area (Å²) in [5.74, 6) is -0.385. The third-order valence-corrected chi connectivity index (χ3v) is 5.52. The standard InChI is InChI=1S/C23H19N5O3S/c24-21(31)16-10-4-6-12-18(16)25-20(30)14-32-23-27-26-22(17-11-5-7-13-19(17)29)28(23)15-8-2-1-3-9-15/h1-13,29H,14H2,(H2,24,31)(H,25,30). The van der Waals surface area contributed by atoms with Crippen molar-refractivity contribution >= 4 is 29.3 Å². The molecule has 9 heteroatoms. The van der Waals surface area contributed by atoms with E-state index in [0.29, 0.717) is 22.2 Å². The highest BCUT2D eigenvalue weighted by molar-refractivity contribution is 7.99. The van der Waals surface area contributed by atoms with Crippen LogP contribution in [0.15, 0.2) is 84.0 Å². The summed E-state index contributed by atoms with van der Waals surface area (Å²) in [6.07, 6.45) is 0. The van der Waals surface area contributed by atoms with Gasteiger partial charge in [-0.15, -0.1) is 10.2 Å². The Morgan fingerprint density at radius 3 is 2.38 bits per heavy atom. The Morgan fingerprint density at radius 2 is 1.62 bits per heavy atom. The van der Waals surface area contributed by atoms with Crippen LogP contribution in [0.5, 0.6) is 5.75 Å². The van der Waals surface area contributed by atoms with Crippen molar-refractivity contribution < 1.29 is 14.7 Å². The zero-order valence-corrected chi connectivity index (χ0v) is 17.6. The van der Waals surface area contributed by atoms with Gasteiger partial charge in [0.1, 0.15) is 5.75 Å². The summed E-state index contributed by atoms with van der Waals surface area (Å²) in [5.41, 5.74) is 7.27. The van der Waals surface area contributed by atoms with E-state index in [0.717, 1.165) is 5.69 Å². The van der Waals surface area contributed by atoms with E-state index in [1.54, 1.807) is 53.1 Å². The molecule has 0 fully saturated rings. The summed E-state index contributed by atoms with van der Waals surface area (Å²) in [6.45, 7) is 0. The maximum Gasteiger partial charge on any atom is 0.250 e. The van der Waals surface area contributed by atoms with Crippen molar-refractivity contribution in [2.45, 2.75) is 5.16 Å². The zero-order chi connectivity index (χ0) is 22.5. The molecule has 4 rings (SSSR count). The van der Waals surface area contributed by atoms with Gasteiger partial charge in [-0.3, -0.25) is 14.2 Å². The fourth-order valence-corrected chi connectivity index (χ4v) is 3.89. The molecule has 0 saturated carbocycles. The fourth-order valence-electron chi connectivity index (χ4n) is 3.13. The lowest BCUT2D eigenvalue weighted by Gasteiger charge is -2.11. The number of hydrogen-bond donors (Lipinski definition) is 3. The third kappa shape index (κ3) is 4.47. The second-order valence-electron chi connectivity index (χ2n) is 6.74. The molecule has 0 bridgehead atoms. The van der Waals surface area contributed by atoms with Crippen LogP contribution in [0.25, 0.3) is 17.1 Å². The van der Waals surface area contributed by atoms with E-state index < -0.39 is 5.91 Å². The molecular weight excluding hydrogens is 426 g/mol. The quantitative estimate of drug-likeness (QED) is 0.374. The third-order valence-electron chi connectivity index (χ3n) is 4.59. The van der Waals surface area contributed by atoms with Gasteiger partial charge in [-0.1, -0.05) is 54.2 Å². The lowest BCUT2D eigenvalue weighted by molar-refractivity contribution is -0.113. The molecule has 0 aliphatic rings. The van der Waals surface area contributed by atoms with Crippen LogP contribution < -0.4 is 11.1 Å². The van der Waals surface area contributed by atoms with Crippen molar-refractivity contribution in [3.63, 3.8) is 0 Å². The number of carbonyl (C=O) groups excluding carboxylic acids is 2. The lowest BCUT2D eigenvalue weighted by atomic mass is 10.1. The molecule has 0 unspecified atom stereocenters. The Labute approximate surface area is 188 Å². The number of primary amides is 1. The van der Waals surface area contributed by atoms with Gasteiger partial charge in [0.15, 0.2) is 11.0 Å². The van der Waals surface area contributed by atoms with Crippen molar-refractivity contribution in [3.8, 4) is 22.8 Å². The average molecular weight is 446 g/mol. The summed E-state index contributed by atoms with van der Waals surface area (Å²) >= 11 is 1.18. The number of anilines is 1. The molecular formula is C23H19N5O3S. The molecule has 1 heterocycles. The fraction of sp³-hybridized carbons (Fsp3) is 0.0435. The maximum absolute atomic E-state index is 12.6. The average Bonchev–Trinajstić information content (AvgIpc) is 3.22. The topological polar surface area (TPSA) is 123 Å². The SMILES string of the molecule is NC(=O)c1ccccc1NC(=O)CSc1nnc(-c2ccccc2O)n1-c1ccccc1. The van der Waals surface area contributed by atoms with E-state index in [9.17, 15) is 14.7 Å². The first-order valence-electron chi connectivity index (χ1n) is 9.65. The van der Waals surface area contributed by atoms with Crippen LogP contribution in [0.4, 0.5) is 5.69 Å². The monoisotopic (exact) mass is 445 g/mol. The van der Waals surface area contributed by atoms with Crippen LogP contribution >= 0.6 is 11.8 Å². The van der Waals surface area contributed by atoms with Crippen LogP contribution in [0.3, 0.4) is 0 Å². The molecule has 0 spiro atoms. The number of amides is 2. The number of para-hydroxylation sites is 3. The van der Waals surface area contributed by atoms with Crippen LogP contribution in [0.2, 0.25) is 0 Å². The predicted octanol–water partition coefficient (Wildman–Crippen LogP) is 3.47. The van der Waals surface area contributed by atoms with Gasteiger partial charge in [0.25, 0.3) is 5.91 Å². The number of phenols is 1. The van der Waals surface area contributed by atoms with Gasteiger partial charge in [0, 0.05) is 5.69 Å². The minimum absolute atomic E-state index is 0.0266. The highest BCUT2D eigenvalue weighted by Crippen LogP contribution is 2.32. The molecule has 0 atom stereocenters. The van der Waals surface area contributed by atoms with Crippen molar-refractivity contribution in [2.75, 3.05) is 11.1 Å². The minimum atomic E-state index is -0.621. The number of aromatic hydroxyl groups is 1. The van der Waals surface area contributed by atoms with Crippen LogP contribution in [0, 0.1) is 0 Å². The van der Waals surface area contributed by atoms with Crippen molar-refractivity contribution in [2.24, 2.45) is 5.73 Å². The Kier molecular flexibility index (Phi) is 6.18. The smallest absolute Gasteiger partial charge is 0.250 e. The summed E-state index contributed by atoms with van der Waals surface area (Å²) in [7, 11) is 0. The lowest BCUT2D eigenvalue weighted by Crippen LogP contribution is -2.19. The second-order valence-corrected chi connectivity index (χ2v) is 7.68. The Balaban J connectivity index is 1.60. The number of nitrogens with zero attached hydrogens (tertiary/aromatic N) is 3. The summed E-state index contributed by atoms with van der Waals surface area (Å²) in [6, 6.07) is 22.8. The Morgan fingerprint density at radius 1 is 0.938 bits per heavy atom. The zero-order valence-electron chi connectivity index (χ0n) is 16.8. The molecule has 0 saturated heterocycles. The number of aromatic nitrogens is 3. The number of nitrogens with two attached hydrogens (primary N) is 1. The van der Waals surface area contributed by atoms with Gasteiger partial charge in [-0.25, -0.2) is 0 Å². The number of rotatable bonds is 7. The Hall–Kier alpha value is -4.11. The first kappa shape index (κ1) is 21.1. The Bertz CT molecular complexity index is 1270. The maximum atomic E-state index is 12.6. The molecule has 2 amide bonds. The number of phenolic OH excluding ortho intramolecular Hbond substituents is 1. The number of nitrogens with one attached hydrogen (secondary N) is 1. The highest BCUT2D eigenvalue weighted by Gasteiger charge is 2.19.